The van der Waals surface area contributed by atoms with Crippen LogP contribution < -0.4 is 15.2 Å². The van der Waals surface area contributed by atoms with Crippen molar-refractivity contribution in [2.45, 2.75) is 12.8 Å². The number of nitrogens with one attached hydrogen (secondary N) is 1. The topological polar surface area (TPSA) is 96.9 Å². The molecule has 0 fully saturated rings. The number of ether oxygens (including phenoxy) is 2. The van der Waals surface area contributed by atoms with Crippen molar-refractivity contribution in [2.75, 3.05) is 7.11 Å². The lowest BCUT2D eigenvalue weighted by Gasteiger charge is -2.25. The van der Waals surface area contributed by atoms with Gasteiger partial charge in [0, 0.05) is 21.8 Å². The van der Waals surface area contributed by atoms with E-state index in [4.69, 9.17) is 38.4 Å². The van der Waals surface area contributed by atoms with Gasteiger partial charge in [-0.1, -0.05) is 23.2 Å². The molecular formula is C15H12Cl2N4O2. The van der Waals surface area contributed by atoms with E-state index in [-0.39, 0.29) is 11.5 Å². The number of halogens is 2. The normalized spacial score (nSPS) is 16.6. The molecule has 0 amide bonds. The molecule has 1 aliphatic heterocycles. The standard InChI is InChI=1S/C15H12Cl2N4O2/c1-6-11-12(8-3-7(16)4-10(17)13(8)22-2)9(5-18)14(19)23-15(11)21-20-6/h3-4,12H,19H2,1-2H3,(H,20,21). The third-order valence-electron chi connectivity index (χ3n) is 3.68. The van der Waals surface area contributed by atoms with E-state index in [1.807, 2.05) is 6.92 Å². The van der Waals surface area contributed by atoms with Gasteiger partial charge in [-0.15, -0.1) is 5.10 Å². The Morgan fingerprint density at radius 3 is 2.83 bits per heavy atom. The van der Waals surface area contributed by atoms with Gasteiger partial charge in [0.1, 0.15) is 17.4 Å². The second kappa shape index (κ2) is 5.69. The minimum atomic E-state index is -0.534. The van der Waals surface area contributed by atoms with Gasteiger partial charge in [-0.05, 0) is 19.1 Å². The van der Waals surface area contributed by atoms with Crippen LogP contribution in [0.3, 0.4) is 0 Å². The second-order valence-electron chi connectivity index (χ2n) is 5.00. The largest absolute Gasteiger partial charge is 0.495 e. The van der Waals surface area contributed by atoms with Crippen LogP contribution >= 0.6 is 23.2 Å². The third-order valence-corrected chi connectivity index (χ3v) is 4.18. The fraction of sp³-hybridized carbons (Fsp3) is 0.200. The summed E-state index contributed by atoms with van der Waals surface area (Å²) in [5.41, 5.74) is 8.21. The van der Waals surface area contributed by atoms with Crippen molar-refractivity contribution in [1.29, 1.82) is 5.26 Å². The molecular weight excluding hydrogens is 339 g/mol. The summed E-state index contributed by atoms with van der Waals surface area (Å²) in [5.74, 6) is 0.209. The van der Waals surface area contributed by atoms with Crippen LogP contribution in [0.15, 0.2) is 23.6 Å². The summed E-state index contributed by atoms with van der Waals surface area (Å²) in [7, 11) is 1.50. The summed E-state index contributed by atoms with van der Waals surface area (Å²) >= 11 is 12.4. The highest BCUT2D eigenvalue weighted by Gasteiger charge is 2.36. The average Bonchev–Trinajstić information content (AvgIpc) is 2.86. The van der Waals surface area contributed by atoms with Crippen LogP contribution in [0.25, 0.3) is 0 Å². The molecule has 2 heterocycles. The van der Waals surface area contributed by atoms with Crippen molar-refractivity contribution in [3.63, 3.8) is 0 Å². The molecule has 3 N–H and O–H groups in total. The van der Waals surface area contributed by atoms with Crippen molar-refractivity contribution in [3.8, 4) is 17.7 Å². The Morgan fingerprint density at radius 2 is 2.17 bits per heavy atom. The van der Waals surface area contributed by atoms with Crippen molar-refractivity contribution in [3.05, 3.63) is 50.5 Å². The lowest BCUT2D eigenvalue weighted by atomic mass is 9.83. The predicted octanol–water partition coefficient (Wildman–Crippen LogP) is 3.25. The summed E-state index contributed by atoms with van der Waals surface area (Å²) in [5, 5.41) is 17.2. The number of H-pyrrole nitrogens is 1. The van der Waals surface area contributed by atoms with E-state index in [0.29, 0.717) is 32.8 Å². The van der Waals surface area contributed by atoms with Crippen molar-refractivity contribution in [1.82, 2.24) is 10.2 Å². The first-order valence-corrected chi connectivity index (χ1v) is 7.38. The van der Waals surface area contributed by atoms with Gasteiger partial charge in [-0.3, -0.25) is 5.10 Å². The van der Waals surface area contributed by atoms with Gasteiger partial charge in [0.05, 0.1) is 18.1 Å². The summed E-state index contributed by atoms with van der Waals surface area (Å²) < 4.78 is 10.8. The summed E-state index contributed by atoms with van der Waals surface area (Å²) in [4.78, 5) is 0. The number of benzene rings is 1. The van der Waals surface area contributed by atoms with Gasteiger partial charge in [-0.2, -0.15) is 5.26 Å². The first-order valence-electron chi connectivity index (χ1n) is 6.63. The lowest BCUT2D eigenvalue weighted by molar-refractivity contribution is 0.375. The molecule has 1 aliphatic rings. The zero-order valence-electron chi connectivity index (χ0n) is 12.3. The van der Waals surface area contributed by atoms with Gasteiger partial charge in [-0.25, -0.2) is 0 Å². The molecule has 0 saturated carbocycles. The highest BCUT2D eigenvalue weighted by atomic mass is 35.5. The van der Waals surface area contributed by atoms with Crippen molar-refractivity contribution >= 4 is 23.2 Å². The Hall–Kier alpha value is -2.36. The number of rotatable bonds is 2. The number of methoxy groups -OCH3 is 1. The Morgan fingerprint density at radius 1 is 1.43 bits per heavy atom. The van der Waals surface area contributed by atoms with Gasteiger partial charge in [0.15, 0.2) is 0 Å². The quantitative estimate of drug-likeness (QED) is 0.866. The van der Waals surface area contributed by atoms with Crippen LogP contribution in [0.4, 0.5) is 0 Å². The molecule has 0 aliphatic carbocycles. The highest BCUT2D eigenvalue weighted by Crippen LogP contribution is 2.47. The van der Waals surface area contributed by atoms with Crippen LogP contribution in [0.1, 0.15) is 22.7 Å². The molecule has 23 heavy (non-hydrogen) atoms. The van der Waals surface area contributed by atoms with Gasteiger partial charge < -0.3 is 15.2 Å². The van der Waals surface area contributed by atoms with E-state index in [9.17, 15) is 5.26 Å². The number of aromatic amines is 1. The summed E-state index contributed by atoms with van der Waals surface area (Å²) in [6.07, 6.45) is 0. The third kappa shape index (κ3) is 2.38. The van der Waals surface area contributed by atoms with E-state index < -0.39 is 5.92 Å². The second-order valence-corrected chi connectivity index (χ2v) is 5.85. The molecule has 6 nitrogen and oxygen atoms in total. The zero-order valence-corrected chi connectivity index (χ0v) is 13.8. The molecule has 0 bridgehead atoms. The summed E-state index contributed by atoms with van der Waals surface area (Å²) in [6.45, 7) is 1.83. The van der Waals surface area contributed by atoms with E-state index in [2.05, 4.69) is 16.3 Å². The number of hydrogen-bond donors (Lipinski definition) is 2. The minimum absolute atomic E-state index is 0.00495. The molecule has 3 rings (SSSR count). The van der Waals surface area contributed by atoms with Crippen molar-refractivity contribution in [2.24, 2.45) is 5.73 Å². The maximum absolute atomic E-state index is 9.54. The number of allylic oxidation sites excluding steroid dienone is 1. The van der Waals surface area contributed by atoms with Gasteiger partial charge >= 0.3 is 0 Å². The molecule has 1 atom stereocenters. The molecule has 0 spiro atoms. The Balaban J connectivity index is 2.34. The molecule has 8 heteroatoms. The molecule has 0 saturated heterocycles. The number of hydrogen-bond acceptors (Lipinski definition) is 5. The average molecular weight is 351 g/mol. The van der Waals surface area contributed by atoms with Crippen LogP contribution in [0.2, 0.25) is 10.0 Å². The molecule has 2 aromatic rings. The SMILES string of the molecule is COc1c(Cl)cc(Cl)cc1C1C(C#N)=C(N)Oc2n[nH]c(C)c21. The van der Waals surface area contributed by atoms with Crippen LogP contribution in [-0.4, -0.2) is 17.3 Å². The lowest BCUT2D eigenvalue weighted by Crippen LogP contribution is -2.21. The van der Waals surface area contributed by atoms with E-state index in [1.54, 1.807) is 12.1 Å². The van der Waals surface area contributed by atoms with Crippen LogP contribution in [0, 0.1) is 18.3 Å². The first-order chi connectivity index (χ1) is 11.0. The maximum Gasteiger partial charge on any atom is 0.244 e. The molecule has 1 aromatic carbocycles. The number of aryl methyl sites for hydroxylation is 1. The summed E-state index contributed by atoms with van der Waals surface area (Å²) in [6, 6.07) is 5.37. The van der Waals surface area contributed by atoms with E-state index >= 15 is 0 Å². The first kappa shape index (κ1) is 15.5. The highest BCUT2D eigenvalue weighted by molar-refractivity contribution is 6.35. The maximum atomic E-state index is 9.54. The fourth-order valence-electron chi connectivity index (χ4n) is 2.72. The number of fused-ring (bicyclic) bond motifs is 1. The minimum Gasteiger partial charge on any atom is -0.495 e. The molecule has 1 aromatic heterocycles. The van der Waals surface area contributed by atoms with E-state index in [0.717, 1.165) is 5.69 Å². The number of aromatic nitrogens is 2. The monoisotopic (exact) mass is 350 g/mol. The number of nitriles is 1. The Bertz CT molecular complexity index is 867. The fourth-order valence-corrected chi connectivity index (χ4v) is 3.31. The van der Waals surface area contributed by atoms with Crippen LogP contribution in [-0.2, 0) is 0 Å². The Labute approximate surface area is 142 Å². The number of nitrogens with zero attached hydrogens (tertiary/aromatic N) is 2. The van der Waals surface area contributed by atoms with Crippen molar-refractivity contribution < 1.29 is 9.47 Å². The Kier molecular flexibility index (Phi) is 3.84. The van der Waals surface area contributed by atoms with Gasteiger partial charge in [0.2, 0.25) is 11.8 Å². The zero-order chi connectivity index (χ0) is 16.7. The molecule has 118 valence electrons. The molecule has 0 radical (unpaired) electrons. The number of nitrogens with two attached hydrogens (primary N) is 1. The predicted molar refractivity (Wildman–Crippen MR) is 85.6 cm³/mol. The smallest absolute Gasteiger partial charge is 0.244 e. The molecule has 1 unspecified atom stereocenters. The van der Waals surface area contributed by atoms with Crippen LogP contribution in [0.5, 0.6) is 11.6 Å². The van der Waals surface area contributed by atoms with E-state index in [1.165, 1.54) is 7.11 Å². The van der Waals surface area contributed by atoms with Gasteiger partial charge in [0.25, 0.3) is 0 Å².